The molecule has 1 rings (SSSR count). The highest BCUT2D eigenvalue weighted by Crippen LogP contribution is 2.12. The molecule has 5 heteroatoms. The highest BCUT2D eigenvalue weighted by molar-refractivity contribution is 5.97. The Balaban J connectivity index is 2.56. The average Bonchev–Trinajstić information content (AvgIpc) is 2.19. The summed E-state index contributed by atoms with van der Waals surface area (Å²) >= 11 is 0. The molecule has 3 N–H and O–H groups in total. The van der Waals surface area contributed by atoms with Gasteiger partial charge in [0.2, 0.25) is 5.91 Å². The maximum Gasteiger partial charge on any atom is 0.317 e. The number of carbonyl (C=O) groups is 2. The van der Waals surface area contributed by atoms with Gasteiger partial charge in [-0.15, -0.1) is 0 Å². The number of rotatable bonds is 3. The topological polar surface area (TPSA) is 83.6 Å². The van der Waals surface area contributed by atoms with Crippen LogP contribution in [0.4, 0.5) is 0 Å². The van der Waals surface area contributed by atoms with Gasteiger partial charge in [0.1, 0.15) is 5.92 Å². The van der Waals surface area contributed by atoms with Crippen LogP contribution in [0.15, 0.2) is 0 Å². The molecule has 1 saturated heterocycles. The first kappa shape index (κ1) is 11.0. The van der Waals surface area contributed by atoms with E-state index in [2.05, 4.69) is 0 Å². The summed E-state index contributed by atoms with van der Waals surface area (Å²) in [5.41, 5.74) is 5.25. The monoisotopic (exact) mass is 200 g/mol. The average molecular weight is 200 g/mol. The molecule has 1 atom stereocenters. The van der Waals surface area contributed by atoms with Crippen molar-refractivity contribution in [2.24, 2.45) is 11.7 Å². The van der Waals surface area contributed by atoms with Gasteiger partial charge in [0, 0.05) is 19.6 Å². The Hall–Kier alpha value is -1.10. The molecule has 0 radical (unpaired) electrons. The van der Waals surface area contributed by atoms with E-state index < -0.39 is 11.9 Å². The van der Waals surface area contributed by atoms with Gasteiger partial charge in [-0.05, 0) is 19.3 Å². The van der Waals surface area contributed by atoms with Crippen molar-refractivity contribution < 1.29 is 14.7 Å². The first-order valence-electron chi connectivity index (χ1n) is 4.88. The lowest BCUT2D eigenvalue weighted by Gasteiger charge is -2.28. The minimum Gasteiger partial charge on any atom is -0.481 e. The van der Waals surface area contributed by atoms with E-state index in [-0.39, 0.29) is 12.5 Å². The number of piperidine rings is 1. The molecule has 0 spiro atoms. The van der Waals surface area contributed by atoms with E-state index >= 15 is 0 Å². The first-order chi connectivity index (χ1) is 6.66. The standard InChI is InChI=1S/C9H16N2O3/c10-6-7(9(13)14)8(12)11-4-2-1-3-5-11/h7H,1-6,10H2,(H,13,14). The number of carboxylic acids is 1. The van der Waals surface area contributed by atoms with Crippen molar-refractivity contribution in [1.29, 1.82) is 0 Å². The molecule has 0 aromatic rings. The number of carboxylic acid groups (broad SMARTS) is 1. The van der Waals surface area contributed by atoms with Gasteiger partial charge in [-0.3, -0.25) is 9.59 Å². The molecule has 1 heterocycles. The predicted octanol–water partition coefficient (Wildman–Crippen LogP) is -0.342. The Labute approximate surface area is 82.9 Å². The van der Waals surface area contributed by atoms with Gasteiger partial charge >= 0.3 is 5.97 Å². The summed E-state index contributed by atoms with van der Waals surface area (Å²) in [6.45, 7) is 1.22. The van der Waals surface area contributed by atoms with Crippen LogP contribution >= 0.6 is 0 Å². The van der Waals surface area contributed by atoms with Crippen molar-refractivity contribution in [3.63, 3.8) is 0 Å². The number of hydrogen-bond donors (Lipinski definition) is 2. The van der Waals surface area contributed by atoms with Gasteiger partial charge in [-0.2, -0.15) is 0 Å². The highest BCUT2D eigenvalue weighted by atomic mass is 16.4. The zero-order valence-electron chi connectivity index (χ0n) is 8.11. The van der Waals surface area contributed by atoms with Crippen LogP contribution in [0.3, 0.4) is 0 Å². The van der Waals surface area contributed by atoms with E-state index in [4.69, 9.17) is 10.8 Å². The summed E-state index contributed by atoms with van der Waals surface area (Å²) < 4.78 is 0. The molecule has 1 amide bonds. The van der Waals surface area contributed by atoms with Crippen LogP contribution in [-0.4, -0.2) is 41.5 Å². The van der Waals surface area contributed by atoms with Gasteiger partial charge in [0.05, 0.1) is 0 Å². The van der Waals surface area contributed by atoms with Crippen molar-refractivity contribution in [3.05, 3.63) is 0 Å². The number of aliphatic carboxylic acids is 1. The maximum absolute atomic E-state index is 11.6. The second-order valence-electron chi connectivity index (χ2n) is 3.51. The van der Waals surface area contributed by atoms with Crippen LogP contribution in [0.5, 0.6) is 0 Å². The Morgan fingerprint density at radius 1 is 1.29 bits per heavy atom. The zero-order valence-corrected chi connectivity index (χ0v) is 8.11. The van der Waals surface area contributed by atoms with E-state index in [0.29, 0.717) is 13.1 Å². The Bertz CT molecular complexity index is 224. The molecule has 0 aliphatic carbocycles. The summed E-state index contributed by atoms with van der Waals surface area (Å²) in [7, 11) is 0. The maximum atomic E-state index is 11.6. The lowest BCUT2D eigenvalue weighted by molar-refractivity contribution is -0.151. The summed E-state index contributed by atoms with van der Waals surface area (Å²) in [5.74, 6) is -2.52. The molecule has 1 aliphatic rings. The molecule has 14 heavy (non-hydrogen) atoms. The largest absolute Gasteiger partial charge is 0.481 e. The Morgan fingerprint density at radius 2 is 1.86 bits per heavy atom. The lowest BCUT2D eigenvalue weighted by atomic mass is 10.1. The molecule has 1 aliphatic heterocycles. The van der Waals surface area contributed by atoms with Crippen LogP contribution in [0.1, 0.15) is 19.3 Å². The molecule has 0 aromatic heterocycles. The SMILES string of the molecule is NCC(C(=O)O)C(=O)N1CCCCC1. The minimum atomic E-state index is -1.12. The zero-order chi connectivity index (χ0) is 10.6. The molecule has 5 nitrogen and oxygen atoms in total. The van der Waals surface area contributed by atoms with E-state index in [1.54, 1.807) is 4.90 Å². The van der Waals surface area contributed by atoms with Gasteiger partial charge in [-0.1, -0.05) is 0 Å². The summed E-state index contributed by atoms with van der Waals surface area (Å²) in [5, 5.41) is 8.75. The summed E-state index contributed by atoms with van der Waals surface area (Å²) in [4.78, 5) is 23.9. The quantitative estimate of drug-likeness (QED) is 0.610. The number of hydrogen-bond acceptors (Lipinski definition) is 3. The molecule has 0 saturated carbocycles. The molecule has 1 fully saturated rings. The van der Waals surface area contributed by atoms with Crippen molar-refractivity contribution >= 4 is 11.9 Å². The van der Waals surface area contributed by atoms with Crippen LogP contribution in [0, 0.1) is 5.92 Å². The number of amides is 1. The van der Waals surface area contributed by atoms with E-state index in [1.807, 2.05) is 0 Å². The van der Waals surface area contributed by atoms with Gasteiger partial charge in [-0.25, -0.2) is 0 Å². The molecule has 80 valence electrons. The van der Waals surface area contributed by atoms with Crippen LogP contribution in [0.2, 0.25) is 0 Å². The molecule has 1 unspecified atom stereocenters. The number of nitrogens with zero attached hydrogens (tertiary/aromatic N) is 1. The molecule has 0 bridgehead atoms. The lowest BCUT2D eigenvalue weighted by Crippen LogP contribution is -2.44. The van der Waals surface area contributed by atoms with Crippen LogP contribution in [-0.2, 0) is 9.59 Å². The fourth-order valence-electron chi connectivity index (χ4n) is 1.64. The van der Waals surface area contributed by atoms with Gasteiger partial charge in [0.15, 0.2) is 0 Å². The normalized spacial score (nSPS) is 19.1. The second-order valence-corrected chi connectivity index (χ2v) is 3.51. The number of nitrogens with two attached hydrogens (primary N) is 1. The number of carbonyl (C=O) groups excluding carboxylic acids is 1. The van der Waals surface area contributed by atoms with E-state index in [1.165, 1.54) is 0 Å². The second kappa shape index (κ2) is 4.95. The molecular weight excluding hydrogens is 184 g/mol. The summed E-state index contributed by atoms with van der Waals surface area (Å²) in [6.07, 6.45) is 3.04. The van der Waals surface area contributed by atoms with Crippen molar-refractivity contribution in [2.75, 3.05) is 19.6 Å². The third-order valence-corrected chi connectivity index (χ3v) is 2.50. The van der Waals surface area contributed by atoms with Crippen molar-refractivity contribution in [3.8, 4) is 0 Å². The Kier molecular flexibility index (Phi) is 3.88. The number of likely N-dealkylation sites (tertiary alicyclic amines) is 1. The first-order valence-corrected chi connectivity index (χ1v) is 4.88. The molecular formula is C9H16N2O3. The van der Waals surface area contributed by atoms with Gasteiger partial charge < -0.3 is 15.7 Å². The van der Waals surface area contributed by atoms with E-state index in [9.17, 15) is 9.59 Å². The minimum absolute atomic E-state index is 0.120. The van der Waals surface area contributed by atoms with E-state index in [0.717, 1.165) is 19.3 Å². The Morgan fingerprint density at radius 3 is 2.29 bits per heavy atom. The highest BCUT2D eigenvalue weighted by Gasteiger charge is 2.29. The third-order valence-electron chi connectivity index (χ3n) is 2.50. The summed E-state index contributed by atoms with van der Waals surface area (Å²) in [6, 6.07) is 0. The fourth-order valence-corrected chi connectivity index (χ4v) is 1.64. The van der Waals surface area contributed by atoms with Crippen LogP contribution in [0.25, 0.3) is 0 Å². The third kappa shape index (κ3) is 2.45. The predicted molar refractivity (Wildman–Crippen MR) is 50.6 cm³/mol. The van der Waals surface area contributed by atoms with Crippen LogP contribution < -0.4 is 5.73 Å². The van der Waals surface area contributed by atoms with Crippen molar-refractivity contribution in [1.82, 2.24) is 4.90 Å². The van der Waals surface area contributed by atoms with Gasteiger partial charge in [0.25, 0.3) is 0 Å². The fraction of sp³-hybridized carbons (Fsp3) is 0.778. The smallest absolute Gasteiger partial charge is 0.317 e. The molecule has 0 aromatic carbocycles. The van der Waals surface area contributed by atoms with Crippen molar-refractivity contribution in [2.45, 2.75) is 19.3 Å².